The lowest BCUT2D eigenvalue weighted by atomic mass is 9.92. The predicted molar refractivity (Wildman–Crippen MR) is 117 cm³/mol. The van der Waals surface area contributed by atoms with Crippen LogP contribution in [0, 0.1) is 36.2 Å². The Morgan fingerprint density at radius 3 is 2.62 bits per heavy atom. The van der Waals surface area contributed by atoms with E-state index in [2.05, 4.69) is 30.3 Å². The van der Waals surface area contributed by atoms with E-state index in [0.717, 1.165) is 43.5 Å². The highest BCUT2D eigenvalue weighted by Crippen LogP contribution is 2.40. The summed E-state index contributed by atoms with van der Waals surface area (Å²) in [5.41, 5.74) is 0.854. The number of rotatable bonds is 4. The molecule has 3 aromatic rings. The Kier molecular flexibility index (Phi) is 5.16. The number of aryl methyl sites for hydroxylation is 1. The summed E-state index contributed by atoms with van der Waals surface area (Å²) in [6, 6.07) is 4.31. The molecule has 178 valence electrons. The van der Waals surface area contributed by atoms with Gasteiger partial charge in [0.25, 0.3) is 0 Å². The molecule has 2 aromatic heterocycles. The van der Waals surface area contributed by atoms with Crippen molar-refractivity contribution in [2.45, 2.75) is 38.5 Å². The summed E-state index contributed by atoms with van der Waals surface area (Å²) < 4.78 is 49.0. The molecule has 1 aromatic carbocycles. The molecule has 1 saturated heterocycles. The Balaban J connectivity index is 1.22. The van der Waals surface area contributed by atoms with Crippen molar-refractivity contribution in [1.82, 2.24) is 24.7 Å². The Labute approximate surface area is 194 Å². The third kappa shape index (κ3) is 3.58. The molecule has 34 heavy (non-hydrogen) atoms. The molecule has 0 spiro atoms. The summed E-state index contributed by atoms with van der Waals surface area (Å²) >= 11 is 0. The lowest BCUT2D eigenvalue weighted by molar-refractivity contribution is 0.0364. The van der Waals surface area contributed by atoms with Gasteiger partial charge in [0.15, 0.2) is 23.3 Å². The van der Waals surface area contributed by atoms with Crippen molar-refractivity contribution in [3.8, 4) is 0 Å². The van der Waals surface area contributed by atoms with Crippen LogP contribution in [0.2, 0.25) is 0 Å². The van der Waals surface area contributed by atoms with Crippen molar-refractivity contribution in [2.24, 2.45) is 11.8 Å². The van der Waals surface area contributed by atoms with Gasteiger partial charge in [-0.05, 0) is 43.7 Å². The number of ether oxygens (including phenoxy) is 1. The highest BCUT2D eigenvalue weighted by Gasteiger charge is 2.43. The number of hydrogen-bond acceptors (Lipinski definition) is 7. The molecule has 2 fully saturated rings. The normalized spacial score (nSPS) is 25.9. The monoisotopic (exact) mass is 471 g/mol. The molecule has 1 saturated carbocycles. The second-order valence-electron chi connectivity index (χ2n) is 9.22. The summed E-state index contributed by atoms with van der Waals surface area (Å²) in [4.78, 5) is 15.5. The Morgan fingerprint density at radius 1 is 1.06 bits per heavy atom. The smallest absolute Gasteiger partial charge is 0.242 e. The van der Waals surface area contributed by atoms with E-state index in [9.17, 15) is 13.2 Å². The van der Waals surface area contributed by atoms with Crippen molar-refractivity contribution in [2.75, 3.05) is 29.9 Å². The maximum absolute atomic E-state index is 14.5. The van der Waals surface area contributed by atoms with Gasteiger partial charge in [-0.25, -0.2) is 27.8 Å². The van der Waals surface area contributed by atoms with Gasteiger partial charge in [-0.15, -0.1) is 5.10 Å². The third-order valence-corrected chi connectivity index (χ3v) is 7.11. The van der Waals surface area contributed by atoms with E-state index in [0.29, 0.717) is 30.2 Å². The molecule has 2 bridgehead atoms. The predicted octanol–water partition coefficient (Wildman–Crippen LogP) is 3.24. The number of nitrogens with zero attached hydrogens (tertiary/aromatic N) is 6. The SMILES string of the molecule is Cc1cc(N2C[C@H]3CC[C@@H](C2)[C@@H]3Nc2nc3n(n2)CCO[C@H]3c2ccc(F)c(F)c2F)ncn1. The summed E-state index contributed by atoms with van der Waals surface area (Å²) in [7, 11) is 0. The maximum Gasteiger partial charge on any atom is 0.242 e. The molecule has 3 aliphatic rings. The number of piperidine rings is 1. The van der Waals surface area contributed by atoms with Crippen molar-refractivity contribution in [3.05, 3.63) is 59.1 Å². The van der Waals surface area contributed by atoms with E-state index in [1.54, 1.807) is 11.0 Å². The van der Waals surface area contributed by atoms with Gasteiger partial charge in [0.2, 0.25) is 5.95 Å². The quantitative estimate of drug-likeness (QED) is 0.585. The van der Waals surface area contributed by atoms with Gasteiger partial charge in [-0.1, -0.05) is 0 Å². The second-order valence-corrected chi connectivity index (χ2v) is 9.22. The van der Waals surface area contributed by atoms with Gasteiger partial charge in [-0.2, -0.15) is 4.98 Å². The molecule has 1 N–H and O–H groups in total. The highest BCUT2D eigenvalue weighted by atomic mass is 19.2. The summed E-state index contributed by atoms with van der Waals surface area (Å²) in [5, 5.41) is 8.07. The minimum absolute atomic E-state index is 0.0904. The molecule has 11 heteroatoms. The minimum Gasteiger partial charge on any atom is -0.363 e. The fraction of sp³-hybridized carbons (Fsp3) is 0.478. The Hall–Kier alpha value is -3.21. The van der Waals surface area contributed by atoms with E-state index < -0.39 is 23.6 Å². The van der Waals surface area contributed by atoms with E-state index >= 15 is 0 Å². The van der Waals surface area contributed by atoms with Gasteiger partial charge in [-0.3, -0.25) is 0 Å². The molecule has 0 unspecified atom stereocenters. The molecule has 8 nitrogen and oxygen atoms in total. The van der Waals surface area contributed by atoms with Crippen LogP contribution in [0.3, 0.4) is 0 Å². The topological polar surface area (TPSA) is 81.0 Å². The fourth-order valence-electron chi connectivity index (χ4n) is 5.49. The van der Waals surface area contributed by atoms with Crippen LogP contribution in [-0.2, 0) is 11.3 Å². The standard InChI is InChI=1S/C23H24F3N7O/c1-12-8-17(28-11-27-12)32-9-13-2-3-14(10-32)20(13)29-23-30-22-21(34-7-6-33(22)31-23)15-4-5-16(24)19(26)18(15)25/h4-5,8,11,13-14,20-21H,2-3,6-7,9-10H2,1H3,(H,29,31)/t13-,14+,20-,21-/m0/s1. The largest absolute Gasteiger partial charge is 0.363 e. The molecule has 1 aliphatic carbocycles. The maximum atomic E-state index is 14.5. The van der Waals surface area contributed by atoms with E-state index in [4.69, 9.17) is 4.74 Å². The Bertz CT molecular complexity index is 1220. The van der Waals surface area contributed by atoms with Gasteiger partial charge >= 0.3 is 0 Å². The Morgan fingerprint density at radius 2 is 1.85 bits per heavy atom. The lowest BCUT2D eigenvalue weighted by Gasteiger charge is -2.38. The fourth-order valence-corrected chi connectivity index (χ4v) is 5.49. The lowest BCUT2D eigenvalue weighted by Crippen LogP contribution is -2.48. The zero-order valence-corrected chi connectivity index (χ0v) is 18.6. The number of anilines is 2. The molecule has 4 heterocycles. The first-order valence-corrected chi connectivity index (χ1v) is 11.5. The first-order valence-electron chi connectivity index (χ1n) is 11.5. The second kappa shape index (κ2) is 8.23. The van der Waals surface area contributed by atoms with Gasteiger partial charge in [0, 0.05) is 36.5 Å². The van der Waals surface area contributed by atoms with Crippen LogP contribution in [0.5, 0.6) is 0 Å². The van der Waals surface area contributed by atoms with Crippen LogP contribution in [0.25, 0.3) is 0 Å². The van der Waals surface area contributed by atoms with Gasteiger partial charge in [0.05, 0.1) is 13.2 Å². The average Bonchev–Trinajstić information content (AvgIpc) is 3.33. The van der Waals surface area contributed by atoms with Gasteiger partial charge in [0.1, 0.15) is 18.2 Å². The van der Waals surface area contributed by atoms with Crippen molar-refractivity contribution in [3.63, 3.8) is 0 Å². The first kappa shape index (κ1) is 21.3. The van der Waals surface area contributed by atoms with Crippen molar-refractivity contribution in [1.29, 1.82) is 0 Å². The molecule has 0 radical (unpaired) electrons. The molecule has 2 aliphatic heterocycles. The van der Waals surface area contributed by atoms with E-state index in [1.165, 1.54) is 6.07 Å². The van der Waals surface area contributed by atoms with E-state index in [-0.39, 0.29) is 18.2 Å². The number of hydrogen-bond donors (Lipinski definition) is 1. The summed E-state index contributed by atoms with van der Waals surface area (Å²) in [6.07, 6.45) is 2.85. The molecule has 4 atom stereocenters. The van der Waals surface area contributed by atoms with Crippen LogP contribution in [0.1, 0.15) is 36.0 Å². The number of fused-ring (bicyclic) bond motifs is 3. The van der Waals surface area contributed by atoms with E-state index in [1.807, 2.05) is 13.0 Å². The van der Waals surface area contributed by atoms with Crippen LogP contribution in [0.15, 0.2) is 24.5 Å². The number of halogens is 3. The van der Waals surface area contributed by atoms with Crippen molar-refractivity contribution < 1.29 is 17.9 Å². The zero-order valence-electron chi connectivity index (χ0n) is 18.6. The zero-order chi connectivity index (χ0) is 23.4. The number of benzene rings is 1. The highest BCUT2D eigenvalue weighted by molar-refractivity contribution is 5.42. The van der Waals surface area contributed by atoms with Gasteiger partial charge < -0.3 is 15.0 Å². The summed E-state index contributed by atoms with van der Waals surface area (Å²) in [5.74, 6) is -1.43. The van der Waals surface area contributed by atoms with Crippen LogP contribution in [0.4, 0.5) is 24.9 Å². The third-order valence-electron chi connectivity index (χ3n) is 7.11. The number of aromatic nitrogens is 5. The summed E-state index contributed by atoms with van der Waals surface area (Å²) in [6.45, 7) is 4.43. The average molecular weight is 471 g/mol. The minimum atomic E-state index is -1.52. The molecular formula is C23H24F3N7O. The van der Waals surface area contributed by atoms with Crippen LogP contribution < -0.4 is 10.2 Å². The van der Waals surface area contributed by atoms with Crippen molar-refractivity contribution >= 4 is 11.8 Å². The molecule has 6 rings (SSSR count). The number of nitrogens with one attached hydrogen (secondary N) is 1. The molecular weight excluding hydrogens is 447 g/mol. The van der Waals surface area contributed by atoms with Crippen LogP contribution >= 0.6 is 0 Å². The van der Waals surface area contributed by atoms with Crippen LogP contribution in [-0.4, -0.2) is 50.5 Å². The first-order chi connectivity index (χ1) is 16.5. The molecule has 0 amide bonds.